The first-order valence-electron chi connectivity index (χ1n) is 12.7. The minimum atomic E-state index is -0.971. The lowest BCUT2D eigenvalue weighted by atomic mass is 10.1. The summed E-state index contributed by atoms with van der Waals surface area (Å²) >= 11 is 0. The number of ether oxygens (including phenoxy) is 2. The van der Waals surface area contributed by atoms with E-state index in [0.29, 0.717) is 33.7 Å². The fraction of sp³-hybridized carbons (Fsp3) is 0.0625. The van der Waals surface area contributed by atoms with Gasteiger partial charge in [0.15, 0.2) is 5.76 Å². The van der Waals surface area contributed by atoms with Crippen LogP contribution in [-0.2, 0) is 6.61 Å². The summed E-state index contributed by atoms with van der Waals surface area (Å²) in [7, 11) is 1.59. The smallest absolute Gasteiger partial charge is 0.335 e. The predicted molar refractivity (Wildman–Crippen MR) is 155 cm³/mol. The van der Waals surface area contributed by atoms with E-state index in [1.807, 2.05) is 36.4 Å². The number of aromatic nitrogens is 2. The van der Waals surface area contributed by atoms with Crippen molar-refractivity contribution in [1.29, 1.82) is 0 Å². The number of aromatic carboxylic acids is 1. The summed E-state index contributed by atoms with van der Waals surface area (Å²) in [6, 6.07) is 28.1. The van der Waals surface area contributed by atoms with Gasteiger partial charge in [-0.1, -0.05) is 30.3 Å². The van der Waals surface area contributed by atoms with Gasteiger partial charge >= 0.3 is 5.97 Å². The fourth-order valence-electron chi connectivity index (χ4n) is 4.40. The zero-order valence-electron chi connectivity index (χ0n) is 21.9. The molecule has 0 radical (unpaired) electrons. The second kappa shape index (κ2) is 10.8. The number of rotatable bonds is 8. The first-order valence-corrected chi connectivity index (χ1v) is 12.7. The van der Waals surface area contributed by atoms with Gasteiger partial charge in [-0.25, -0.2) is 9.78 Å². The van der Waals surface area contributed by atoms with E-state index in [4.69, 9.17) is 24.0 Å². The van der Waals surface area contributed by atoms with E-state index in [-0.39, 0.29) is 23.6 Å². The summed E-state index contributed by atoms with van der Waals surface area (Å²) in [6.45, 7) is 0.289. The zero-order valence-corrected chi connectivity index (χ0v) is 21.9. The topological polar surface area (TPSA) is 116 Å². The number of carbonyl (C=O) groups is 1. The van der Waals surface area contributed by atoms with Gasteiger partial charge in [-0.05, 0) is 77.9 Å². The maximum absolute atomic E-state index is 13.5. The first kappa shape index (κ1) is 25.6. The number of fused-ring (bicyclic) bond motifs is 2. The largest absolute Gasteiger partial charge is 0.496 e. The molecule has 0 fully saturated rings. The maximum Gasteiger partial charge on any atom is 0.335 e. The van der Waals surface area contributed by atoms with Crippen molar-refractivity contribution in [3.05, 3.63) is 124 Å². The Bertz CT molecular complexity index is 1970. The summed E-state index contributed by atoms with van der Waals surface area (Å²) < 4.78 is 18.6. The zero-order chi connectivity index (χ0) is 28.3. The Morgan fingerprint density at radius 3 is 2.51 bits per heavy atom. The standard InChI is InChI=1S/C32H23N3O6/c1-39-27-7-4-8-28-25(27)17-29(41-28)30-34-26-6-3-2-5-24(26)31(36)35(30)33-18-20-11-15-23(16-12-20)40-19-21-9-13-22(14-10-21)32(37)38/h2-18H,19H2,1H3,(H,37,38). The van der Waals surface area contributed by atoms with Crippen molar-refractivity contribution in [1.82, 2.24) is 9.66 Å². The normalized spacial score (nSPS) is 11.3. The predicted octanol–water partition coefficient (Wildman–Crippen LogP) is 5.98. The summed E-state index contributed by atoms with van der Waals surface area (Å²) in [5.41, 5.74) is 2.61. The van der Waals surface area contributed by atoms with Gasteiger partial charge in [0, 0.05) is 0 Å². The van der Waals surface area contributed by atoms with Gasteiger partial charge in [-0.3, -0.25) is 4.79 Å². The summed E-state index contributed by atoms with van der Waals surface area (Å²) in [5.74, 6) is 0.948. The van der Waals surface area contributed by atoms with Crippen LogP contribution in [0.5, 0.6) is 11.5 Å². The molecule has 2 aromatic heterocycles. The van der Waals surface area contributed by atoms with E-state index in [2.05, 4.69) is 5.10 Å². The van der Waals surface area contributed by atoms with E-state index in [0.717, 1.165) is 16.5 Å². The van der Waals surface area contributed by atoms with Gasteiger partial charge in [0.25, 0.3) is 5.56 Å². The van der Waals surface area contributed by atoms with Crippen molar-refractivity contribution in [2.24, 2.45) is 5.10 Å². The summed E-state index contributed by atoms with van der Waals surface area (Å²) in [5, 5.41) is 14.7. The molecule has 0 amide bonds. The lowest BCUT2D eigenvalue weighted by molar-refractivity contribution is 0.0697. The molecule has 0 aliphatic carbocycles. The van der Waals surface area contributed by atoms with Crippen molar-refractivity contribution in [3.8, 4) is 23.1 Å². The van der Waals surface area contributed by atoms with Gasteiger partial charge in [-0.15, -0.1) is 0 Å². The lowest BCUT2D eigenvalue weighted by Gasteiger charge is -2.08. The minimum Gasteiger partial charge on any atom is -0.496 e. The second-order valence-corrected chi connectivity index (χ2v) is 9.16. The molecule has 1 N–H and O–H groups in total. The third kappa shape index (κ3) is 5.16. The number of hydrogen-bond donors (Lipinski definition) is 1. The molecule has 2 heterocycles. The summed E-state index contributed by atoms with van der Waals surface area (Å²) in [4.78, 5) is 29.2. The average Bonchev–Trinajstić information content (AvgIpc) is 3.45. The van der Waals surface area contributed by atoms with Crippen LogP contribution in [-0.4, -0.2) is 34.1 Å². The molecule has 41 heavy (non-hydrogen) atoms. The Morgan fingerprint density at radius 1 is 0.976 bits per heavy atom. The van der Waals surface area contributed by atoms with Crippen LogP contribution in [0.4, 0.5) is 0 Å². The third-order valence-corrected chi connectivity index (χ3v) is 6.52. The van der Waals surface area contributed by atoms with Gasteiger partial charge in [-0.2, -0.15) is 9.78 Å². The fourth-order valence-corrected chi connectivity index (χ4v) is 4.40. The number of furan rings is 1. The van der Waals surface area contributed by atoms with E-state index >= 15 is 0 Å². The Kier molecular flexibility index (Phi) is 6.75. The van der Waals surface area contributed by atoms with E-state index in [9.17, 15) is 9.59 Å². The molecule has 0 spiro atoms. The van der Waals surface area contributed by atoms with E-state index < -0.39 is 5.97 Å². The average molecular weight is 546 g/mol. The van der Waals surface area contributed by atoms with Crippen LogP contribution in [0.2, 0.25) is 0 Å². The molecule has 6 aromatic rings. The number of para-hydroxylation sites is 1. The summed E-state index contributed by atoms with van der Waals surface area (Å²) in [6.07, 6.45) is 1.57. The number of methoxy groups -OCH3 is 1. The number of carboxylic acid groups (broad SMARTS) is 1. The Morgan fingerprint density at radius 2 is 1.76 bits per heavy atom. The molecular formula is C32H23N3O6. The van der Waals surface area contributed by atoms with Crippen LogP contribution in [0.1, 0.15) is 21.5 Å². The first-order chi connectivity index (χ1) is 20.0. The molecule has 0 saturated heterocycles. The molecule has 0 bridgehead atoms. The highest BCUT2D eigenvalue weighted by Crippen LogP contribution is 2.32. The van der Waals surface area contributed by atoms with Gasteiger partial charge in [0.1, 0.15) is 23.7 Å². The van der Waals surface area contributed by atoms with Crippen LogP contribution in [0, 0.1) is 0 Å². The van der Waals surface area contributed by atoms with Gasteiger partial charge in [0.05, 0.1) is 35.2 Å². The van der Waals surface area contributed by atoms with E-state index in [1.165, 1.54) is 4.68 Å². The van der Waals surface area contributed by atoms with Crippen molar-refractivity contribution in [2.45, 2.75) is 6.61 Å². The molecule has 0 saturated carbocycles. The molecular weight excluding hydrogens is 522 g/mol. The molecule has 202 valence electrons. The molecule has 6 rings (SSSR count). The highest BCUT2D eigenvalue weighted by atomic mass is 16.5. The Hall–Kier alpha value is -5.70. The highest BCUT2D eigenvalue weighted by molar-refractivity contribution is 5.89. The molecule has 9 nitrogen and oxygen atoms in total. The van der Waals surface area contributed by atoms with Crippen LogP contribution in [0.15, 0.2) is 111 Å². The lowest BCUT2D eigenvalue weighted by Crippen LogP contribution is -2.20. The quantitative estimate of drug-likeness (QED) is 0.234. The van der Waals surface area contributed by atoms with Crippen LogP contribution in [0.3, 0.4) is 0 Å². The van der Waals surface area contributed by atoms with Crippen LogP contribution in [0.25, 0.3) is 33.5 Å². The second-order valence-electron chi connectivity index (χ2n) is 9.16. The number of carboxylic acids is 1. The van der Waals surface area contributed by atoms with Crippen LogP contribution < -0.4 is 15.0 Å². The highest BCUT2D eigenvalue weighted by Gasteiger charge is 2.17. The number of nitrogens with zero attached hydrogens (tertiary/aromatic N) is 3. The molecule has 0 aliphatic heterocycles. The number of benzene rings is 4. The SMILES string of the molecule is COc1cccc2oc(-c3nc4ccccc4c(=O)n3N=Cc3ccc(OCc4ccc(C(=O)O)cc4)cc3)cc12. The van der Waals surface area contributed by atoms with Gasteiger partial charge in [0.2, 0.25) is 5.82 Å². The monoisotopic (exact) mass is 545 g/mol. The molecule has 9 heteroatoms. The Labute approximate surface area is 233 Å². The van der Waals surface area contributed by atoms with E-state index in [1.54, 1.807) is 74.0 Å². The van der Waals surface area contributed by atoms with Crippen LogP contribution >= 0.6 is 0 Å². The third-order valence-electron chi connectivity index (χ3n) is 6.52. The molecule has 4 aromatic carbocycles. The van der Waals surface area contributed by atoms with Gasteiger partial charge < -0.3 is 19.0 Å². The van der Waals surface area contributed by atoms with Crippen molar-refractivity contribution in [3.63, 3.8) is 0 Å². The number of hydrogen-bond acceptors (Lipinski definition) is 7. The maximum atomic E-state index is 13.5. The minimum absolute atomic E-state index is 0.223. The Balaban J connectivity index is 1.29. The van der Waals surface area contributed by atoms with Crippen molar-refractivity contribution >= 4 is 34.1 Å². The molecule has 0 unspecified atom stereocenters. The van der Waals surface area contributed by atoms with Crippen molar-refractivity contribution in [2.75, 3.05) is 7.11 Å². The van der Waals surface area contributed by atoms with Crippen molar-refractivity contribution < 1.29 is 23.8 Å². The molecule has 0 aliphatic rings. The molecule has 0 atom stereocenters.